The van der Waals surface area contributed by atoms with Gasteiger partial charge in [-0.15, -0.1) is 0 Å². The van der Waals surface area contributed by atoms with Crippen molar-refractivity contribution in [2.45, 2.75) is 51.2 Å². The number of likely N-dealkylation sites (N-methyl/N-ethyl adjacent to an activating group) is 2. The first-order valence-electron chi connectivity index (χ1n) is 7.65. The number of methoxy groups -OCH3 is 1. The molecule has 0 radical (unpaired) electrons. The number of nitrogens with zero attached hydrogens (tertiary/aromatic N) is 1. The molecule has 2 atom stereocenters. The molecule has 5 heteroatoms. The van der Waals surface area contributed by atoms with E-state index >= 15 is 0 Å². The minimum absolute atomic E-state index is 0.193. The third kappa shape index (κ3) is 5.38. The van der Waals surface area contributed by atoms with Crippen molar-refractivity contribution >= 4 is 5.97 Å². The highest BCUT2D eigenvalue weighted by atomic mass is 16.5. The Morgan fingerprint density at radius 1 is 1.50 bits per heavy atom. The molecule has 118 valence electrons. The third-order valence-electron chi connectivity index (χ3n) is 3.99. The zero-order valence-corrected chi connectivity index (χ0v) is 13.4. The van der Waals surface area contributed by atoms with Crippen molar-refractivity contribution in [2.75, 3.05) is 40.4 Å². The Morgan fingerprint density at radius 2 is 2.25 bits per heavy atom. The molecule has 1 heterocycles. The Morgan fingerprint density at radius 3 is 2.80 bits per heavy atom. The summed E-state index contributed by atoms with van der Waals surface area (Å²) in [5.41, 5.74) is -0.606. The number of hydrogen-bond acceptors (Lipinski definition) is 5. The van der Waals surface area contributed by atoms with E-state index in [1.807, 2.05) is 13.8 Å². The molecule has 0 amide bonds. The molecule has 1 fully saturated rings. The van der Waals surface area contributed by atoms with Gasteiger partial charge < -0.3 is 19.7 Å². The van der Waals surface area contributed by atoms with Crippen molar-refractivity contribution in [2.24, 2.45) is 0 Å². The Kier molecular flexibility index (Phi) is 7.48. The fraction of sp³-hybridized carbons (Fsp3) is 0.933. The summed E-state index contributed by atoms with van der Waals surface area (Å²) < 4.78 is 10.7. The van der Waals surface area contributed by atoms with Crippen LogP contribution in [0.1, 0.15) is 39.5 Å². The van der Waals surface area contributed by atoms with Crippen molar-refractivity contribution in [1.29, 1.82) is 0 Å². The molecule has 0 aromatic heterocycles. The van der Waals surface area contributed by atoms with E-state index in [2.05, 4.69) is 17.3 Å². The van der Waals surface area contributed by atoms with Gasteiger partial charge in [0.1, 0.15) is 5.54 Å². The molecule has 1 aliphatic rings. The van der Waals surface area contributed by atoms with E-state index in [1.54, 1.807) is 0 Å². The summed E-state index contributed by atoms with van der Waals surface area (Å²) in [5.74, 6) is -0.193. The molecule has 5 nitrogen and oxygen atoms in total. The van der Waals surface area contributed by atoms with Crippen LogP contribution >= 0.6 is 0 Å². The number of hydrogen-bond donors (Lipinski definition) is 1. The minimum Gasteiger partial charge on any atom is -0.468 e. The van der Waals surface area contributed by atoms with Gasteiger partial charge in [0.15, 0.2) is 0 Å². The molecule has 0 spiro atoms. The molecule has 1 saturated heterocycles. The first-order valence-corrected chi connectivity index (χ1v) is 7.65. The van der Waals surface area contributed by atoms with Gasteiger partial charge in [0.2, 0.25) is 0 Å². The highest BCUT2D eigenvalue weighted by molar-refractivity contribution is 5.80. The van der Waals surface area contributed by atoms with E-state index in [0.29, 0.717) is 6.10 Å². The number of carbonyl (C=O) groups excluding carboxylic acids is 1. The molecule has 0 aliphatic carbocycles. The Hall–Kier alpha value is -0.650. The summed E-state index contributed by atoms with van der Waals surface area (Å²) in [5, 5.41) is 3.24. The summed E-state index contributed by atoms with van der Waals surface area (Å²) >= 11 is 0. The summed E-state index contributed by atoms with van der Waals surface area (Å²) in [4.78, 5) is 14.1. The van der Waals surface area contributed by atoms with Crippen LogP contribution in [-0.4, -0.2) is 62.9 Å². The van der Waals surface area contributed by atoms with E-state index in [4.69, 9.17) is 9.47 Å². The van der Waals surface area contributed by atoms with Crippen LogP contribution in [0.4, 0.5) is 0 Å². The van der Waals surface area contributed by atoms with Gasteiger partial charge in [-0.05, 0) is 46.2 Å². The lowest BCUT2D eigenvalue weighted by atomic mass is 9.97. The van der Waals surface area contributed by atoms with E-state index < -0.39 is 5.54 Å². The molecule has 0 saturated carbocycles. The van der Waals surface area contributed by atoms with Crippen molar-refractivity contribution in [3.63, 3.8) is 0 Å². The van der Waals surface area contributed by atoms with Crippen LogP contribution < -0.4 is 5.32 Å². The van der Waals surface area contributed by atoms with E-state index in [-0.39, 0.29) is 5.97 Å². The molecule has 1 rings (SSSR count). The van der Waals surface area contributed by atoms with Gasteiger partial charge >= 0.3 is 5.97 Å². The Labute approximate surface area is 123 Å². The van der Waals surface area contributed by atoms with Crippen LogP contribution in [0.25, 0.3) is 0 Å². The second kappa shape index (κ2) is 8.60. The van der Waals surface area contributed by atoms with Crippen LogP contribution in [0.2, 0.25) is 0 Å². The molecule has 0 aromatic carbocycles. The topological polar surface area (TPSA) is 50.8 Å². The maximum atomic E-state index is 11.9. The lowest BCUT2D eigenvalue weighted by Gasteiger charge is -2.31. The molecule has 1 aliphatic heterocycles. The van der Waals surface area contributed by atoms with Crippen LogP contribution in [0.5, 0.6) is 0 Å². The van der Waals surface area contributed by atoms with Gasteiger partial charge in [0.05, 0.1) is 13.2 Å². The smallest absolute Gasteiger partial charge is 0.325 e. The largest absolute Gasteiger partial charge is 0.468 e. The zero-order chi connectivity index (χ0) is 15.0. The summed E-state index contributed by atoms with van der Waals surface area (Å²) in [6.07, 6.45) is 4.66. The van der Waals surface area contributed by atoms with Gasteiger partial charge in [-0.25, -0.2) is 0 Å². The molecule has 0 bridgehead atoms. The summed E-state index contributed by atoms with van der Waals surface area (Å²) in [6, 6.07) is 0. The predicted octanol–water partition coefficient (Wildman–Crippen LogP) is 1.42. The van der Waals surface area contributed by atoms with E-state index in [0.717, 1.165) is 39.1 Å². The summed E-state index contributed by atoms with van der Waals surface area (Å²) in [6.45, 7) is 7.33. The molecule has 0 aromatic rings. The van der Waals surface area contributed by atoms with Crippen LogP contribution in [-0.2, 0) is 14.3 Å². The predicted molar refractivity (Wildman–Crippen MR) is 79.8 cm³/mol. The Balaban J connectivity index is 2.39. The number of ether oxygens (including phenoxy) is 2. The minimum atomic E-state index is -0.606. The quantitative estimate of drug-likeness (QED) is 0.684. The maximum absolute atomic E-state index is 11.9. The number of esters is 1. The van der Waals surface area contributed by atoms with Gasteiger partial charge in [0, 0.05) is 19.7 Å². The third-order valence-corrected chi connectivity index (χ3v) is 3.99. The first kappa shape index (κ1) is 17.4. The van der Waals surface area contributed by atoms with E-state index in [9.17, 15) is 4.79 Å². The van der Waals surface area contributed by atoms with Gasteiger partial charge in [-0.3, -0.25) is 4.79 Å². The van der Waals surface area contributed by atoms with Crippen molar-refractivity contribution in [3.05, 3.63) is 0 Å². The van der Waals surface area contributed by atoms with Crippen molar-refractivity contribution in [1.82, 2.24) is 10.2 Å². The second-order valence-electron chi connectivity index (χ2n) is 5.85. The van der Waals surface area contributed by atoms with Crippen molar-refractivity contribution in [3.8, 4) is 0 Å². The summed E-state index contributed by atoms with van der Waals surface area (Å²) in [7, 11) is 3.53. The molecular weight excluding hydrogens is 256 g/mol. The molecular formula is C15H30N2O3. The van der Waals surface area contributed by atoms with E-state index in [1.165, 1.54) is 20.0 Å². The number of carbonyl (C=O) groups is 1. The first-order chi connectivity index (χ1) is 9.51. The highest BCUT2D eigenvalue weighted by Gasteiger charge is 2.33. The van der Waals surface area contributed by atoms with Crippen LogP contribution in [0.3, 0.4) is 0 Å². The average Bonchev–Trinajstić information content (AvgIpc) is 2.45. The van der Waals surface area contributed by atoms with Gasteiger partial charge in [-0.1, -0.05) is 6.92 Å². The monoisotopic (exact) mass is 286 g/mol. The van der Waals surface area contributed by atoms with Crippen molar-refractivity contribution < 1.29 is 14.3 Å². The fourth-order valence-electron chi connectivity index (χ4n) is 2.68. The molecule has 2 unspecified atom stereocenters. The highest BCUT2D eigenvalue weighted by Crippen LogP contribution is 2.16. The fourth-order valence-corrected chi connectivity index (χ4v) is 2.68. The molecule has 20 heavy (non-hydrogen) atoms. The number of nitrogens with one attached hydrogen (secondary N) is 1. The maximum Gasteiger partial charge on any atom is 0.325 e. The second-order valence-corrected chi connectivity index (χ2v) is 5.85. The van der Waals surface area contributed by atoms with Gasteiger partial charge in [-0.2, -0.15) is 0 Å². The SMILES string of the molecule is CCNC(C)(CCN(C)CC1CCCCO1)C(=O)OC. The Bertz CT molecular complexity index is 293. The normalized spacial score (nSPS) is 22.6. The number of rotatable bonds is 8. The standard InChI is InChI=1S/C15H30N2O3/c1-5-16-15(2,14(18)19-4)9-10-17(3)12-13-8-6-7-11-20-13/h13,16H,5-12H2,1-4H3. The molecule has 1 N–H and O–H groups in total. The van der Waals surface area contributed by atoms with Crippen LogP contribution in [0.15, 0.2) is 0 Å². The zero-order valence-electron chi connectivity index (χ0n) is 13.4. The lowest BCUT2D eigenvalue weighted by molar-refractivity contribution is -0.148. The lowest BCUT2D eigenvalue weighted by Crippen LogP contribution is -2.52. The average molecular weight is 286 g/mol. The van der Waals surface area contributed by atoms with Gasteiger partial charge in [0.25, 0.3) is 0 Å². The van der Waals surface area contributed by atoms with Crippen LogP contribution in [0, 0.1) is 0 Å².